The predicted molar refractivity (Wildman–Crippen MR) is 118 cm³/mol. The van der Waals surface area contributed by atoms with Crippen LogP contribution in [0, 0.1) is 11.7 Å². The first-order chi connectivity index (χ1) is 15.0. The van der Waals surface area contributed by atoms with Gasteiger partial charge in [0.25, 0.3) is 0 Å². The Morgan fingerprint density at radius 1 is 1.10 bits per heavy atom. The lowest BCUT2D eigenvalue weighted by Crippen LogP contribution is -2.38. The lowest BCUT2D eigenvalue weighted by Gasteiger charge is -2.32. The van der Waals surface area contributed by atoms with Crippen LogP contribution < -0.4 is 0 Å². The molecule has 31 heavy (non-hydrogen) atoms. The van der Waals surface area contributed by atoms with Gasteiger partial charge in [0.1, 0.15) is 11.5 Å². The Balaban J connectivity index is 1.22. The minimum atomic E-state index is -0.306. The van der Waals surface area contributed by atoms with Gasteiger partial charge in [-0.05, 0) is 81.3 Å². The fraction of sp³-hybridized carbons (Fsp3) is 0.500. The summed E-state index contributed by atoms with van der Waals surface area (Å²) in [5, 5.41) is 12.9. The SMILES string of the molecule is Cn1ccc2c1/C(=N/O)CCN(CCCN1CCC(C(=O)c3ccc(F)cc3)CC1)C2. The Bertz CT molecular complexity index is 930. The average molecular weight is 427 g/mol. The first kappa shape index (κ1) is 21.7. The van der Waals surface area contributed by atoms with E-state index in [1.165, 1.54) is 17.7 Å². The molecule has 1 fully saturated rings. The fourth-order valence-electron chi connectivity index (χ4n) is 4.88. The number of piperidine rings is 1. The van der Waals surface area contributed by atoms with Gasteiger partial charge in [-0.1, -0.05) is 5.16 Å². The second-order valence-corrected chi connectivity index (χ2v) is 8.71. The van der Waals surface area contributed by atoms with Crippen LogP contribution in [0.1, 0.15) is 47.3 Å². The van der Waals surface area contributed by atoms with Crippen molar-refractivity contribution in [1.29, 1.82) is 0 Å². The number of aromatic nitrogens is 1. The Hall–Kier alpha value is -2.51. The van der Waals surface area contributed by atoms with E-state index in [2.05, 4.69) is 21.0 Å². The molecule has 3 heterocycles. The first-order valence-corrected chi connectivity index (χ1v) is 11.1. The number of oxime groups is 1. The molecule has 166 valence electrons. The third-order valence-corrected chi connectivity index (χ3v) is 6.64. The highest BCUT2D eigenvalue weighted by molar-refractivity contribution is 6.00. The van der Waals surface area contributed by atoms with E-state index in [1.807, 2.05) is 17.8 Å². The molecule has 2 aliphatic heterocycles. The highest BCUT2D eigenvalue weighted by Crippen LogP contribution is 2.23. The number of likely N-dealkylation sites (tertiary alicyclic amines) is 1. The summed E-state index contributed by atoms with van der Waals surface area (Å²) in [5.41, 5.74) is 3.63. The van der Waals surface area contributed by atoms with Crippen molar-refractivity contribution in [3.05, 3.63) is 59.2 Å². The van der Waals surface area contributed by atoms with E-state index in [4.69, 9.17) is 0 Å². The van der Waals surface area contributed by atoms with E-state index >= 15 is 0 Å². The van der Waals surface area contributed by atoms with Gasteiger partial charge in [0.2, 0.25) is 0 Å². The van der Waals surface area contributed by atoms with Crippen molar-refractivity contribution < 1.29 is 14.4 Å². The van der Waals surface area contributed by atoms with Crippen molar-refractivity contribution in [3.8, 4) is 0 Å². The number of halogens is 1. The van der Waals surface area contributed by atoms with Gasteiger partial charge in [0.05, 0.1) is 5.69 Å². The third-order valence-electron chi connectivity index (χ3n) is 6.64. The minimum absolute atomic E-state index is 0.0417. The van der Waals surface area contributed by atoms with Gasteiger partial charge in [-0.2, -0.15) is 0 Å². The number of carbonyl (C=O) groups excluding carboxylic acids is 1. The first-order valence-electron chi connectivity index (χ1n) is 11.1. The van der Waals surface area contributed by atoms with Gasteiger partial charge in [0.15, 0.2) is 5.78 Å². The van der Waals surface area contributed by atoms with E-state index in [1.54, 1.807) is 12.1 Å². The van der Waals surface area contributed by atoms with Gasteiger partial charge in [0, 0.05) is 44.2 Å². The summed E-state index contributed by atoms with van der Waals surface area (Å²) in [6.45, 7) is 5.66. The van der Waals surface area contributed by atoms with Crippen molar-refractivity contribution in [1.82, 2.24) is 14.4 Å². The number of nitrogens with zero attached hydrogens (tertiary/aromatic N) is 4. The number of hydrogen-bond donors (Lipinski definition) is 1. The summed E-state index contributed by atoms with van der Waals surface area (Å²) in [7, 11) is 1.99. The van der Waals surface area contributed by atoms with Gasteiger partial charge >= 0.3 is 0 Å². The number of rotatable bonds is 6. The molecule has 1 saturated heterocycles. The number of Topliss-reactive ketones (excluding diaryl/α,β-unsaturated/α-hetero) is 1. The predicted octanol–water partition coefficient (Wildman–Crippen LogP) is 3.53. The van der Waals surface area contributed by atoms with Crippen molar-refractivity contribution >= 4 is 11.5 Å². The molecule has 1 aromatic heterocycles. The van der Waals surface area contributed by atoms with Crippen LogP contribution >= 0.6 is 0 Å². The Morgan fingerprint density at radius 3 is 2.52 bits per heavy atom. The number of fused-ring (bicyclic) bond motifs is 1. The molecule has 4 rings (SSSR count). The van der Waals surface area contributed by atoms with E-state index in [-0.39, 0.29) is 17.5 Å². The van der Waals surface area contributed by atoms with Crippen molar-refractivity contribution in [3.63, 3.8) is 0 Å². The molecule has 1 N–H and O–H groups in total. The topological polar surface area (TPSA) is 61.1 Å². The maximum absolute atomic E-state index is 13.1. The van der Waals surface area contributed by atoms with Crippen LogP contribution in [-0.2, 0) is 13.6 Å². The monoisotopic (exact) mass is 426 g/mol. The van der Waals surface area contributed by atoms with Crippen LogP contribution in [0.15, 0.2) is 41.7 Å². The number of benzene rings is 1. The summed E-state index contributed by atoms with van der Waals surface area (Å²) < 4.78 is 15.1. The lowest BCUT2D eigenvalue weighted by molar-refractivity contribution is 0.0836. The zero-order valence-electron chi connectivity index (χ0n) is 18.1. The van der Waals surface area contributed by atoms with Gasteiger partial charge in [-0.25, -0.2) is 4.39 Å². The zero-order valence-corrected chi connectivity index (χ0v) is 18.1. The molecule has 7 heteroatoms. The van der Waals surface area contributed by atoms with E-state index in [0.717, 1.165) is 76.4 Å². The Kier molecular flexibility index (Phi) is 6.83. The Labute approximate surface area is 182 Å². The summed E-state index contributed by atoms with van der Waals surface area (Å²) in [6, 6.07) is 8.02. The largest absolute Gasteiger partial charge is 0.411 e. The van der Waals surface area contributed by atoms with Crippen LogP contribution in [0.2, 0.25) is 0 Å². The van der Waals surface area contributed by atoms with Crippen molar-refractivity contribution in [2.24, 2.45) is 18.1 Å². The number of carbonyl (C=O) groups is 1. The highest BCUT2D eigenvalue weighted by Gasteiger charge is 2.26. The Morgan fingerprint density at radius 2 is 1.81 bits per heavy atom. The minimum Gasteiger partial charge on any atom is -0.411 e. The second kappa shape index (κ2) is 9.75. The third kappa shape index (κ3) is 5.05. The van der Waals surface area contributed by atoms with Crippen LogP contribution in [0.5, 0.6) is 0 Å². The van der Waals surface area contributed by atoms with Crippen LogP contribution in [0.4, 0.5) is 4.39 Å². The van der Waals surface area contributed by atoms with Gasteiger partial charge < -0.3 is 14.7 Å². The normalized spacial score (nSPS) is 20.0. The molecule has 0 saturated carbocycles. The van der Waals surface area contributed by atoms with E-state index < -0.39 is 0 Å². The molecule has 1 aromatic carbocycles. The fourth-order valence-corrected chi connectivity index (χ4v) is 4.88. The number of hydrogen-bond acceptors (Lipinski definition) is 5. The quantitative estimate of drug-likeness (QED) is 0.436. The zero-order chi connectivity index (χ0) is 21.8. The molecule has 0 unspecified atom stereocenters. The molecule has 2 aliphatic rings. The molecule has 2 aromatic rings. The summed E-state index contributed by atoms with van der Waals surface area (Å²) in [4.78, 5) is 17.5. The van der Waals surface area contributed by atoms with Crippen LogP contribution in [0.25, 0.3) is 0 Å². The molecular formula is C24H31FN4O2. The van der Waals surface area contributed by atoms with E-state index in [0.29, 0.717) is 5.56 Å². The molecule has 0 radical (unpaired) electrons. The molecule has 0 atom stereocenters. The lowest BCUT2D eigenvalue weighted by atomic mass is 9.89. The molecule has 6 nitrogen and oxygen atoms in total. The maximum Gasteiger partial charge on any atom is 0.166 e. The van der Waals surface area contributed by atoms with Crippen molar-refractivity contribution in [2.75, 3.05) is 32.7 Å². The molecular weight excluding hydrogens is 395 g/mol. The average Bonchev–Trinajstić information content (AvgIpc) is 3.04. The van der Waals surface area contributed by atoms with E-state index in [9.17, 15) is 14.4 Å². The molecule has 0 amide bonds. The van der Waals surface area contributed by atoms with Gasteiger partial charge in [-0.15, -0.1) is 0 Å². The summed E-state index contributed by atoms with van der Waals surface area (Å²) >= 11 is 0. The van der Waals surface area contributed by atoms with Gasteiger partial charge in [-0.3, -0.25) is 9.69 Å². The maximum atomic E-state index is 13.1. The number of ketones is 1. The molecule has 0 bridgehead atoms. The number of aryl methyl sites for hydroxylation is 1. The summed E-state index contributed by atoms with van der Waals surface area (Å²) in [5.74, 6) is -0.122. The van der Waals surface area contributed by atoms with Crippen LogP contribution in [0.3, 0.4) is 0 Å². The molecule has 0 aliphatic carbocycles. The highest BCUT2D eigenvalue weighted by atomic mass is 19.1. The molecule has 0 spiro atoms. The standard InChI is InChI=1S/C24H31FN4O2/c1-27-13-7-20-17-29(16-10-22(26-31)23(20)27)12-2-11-28-14-8-19(9-15-28)24(30)18-3-5-21(25)6-4-18/h3-7,13,19,31H,2,8-12,14-17H2,1H3/b26-22+. The smallest absolute Gasteiger partial charge is 0.166 e. The van der Waals surface area contributed by atoms with Crippen molar-refractivity contribution in [2.45, 2.75) is 32.2 Å². The summed E-state index contributed by atoms with van der Waals surface area (Å²) in [6.07, 6.45) is 5.58. The van der Waals surface area contributed by atoms with Crippen LogP contribution in [-0.4, -0.2) is 63.8 Å². The second-order valence-electron chi connectivity index (χ2n) is 8.71.